The van der Waals surface area contributed by atoms with E-state index in [2.05, 4.69) is 10.6 Å². The molecule has 0 heterocycles. The highest BCUT2D eigenvalue weighted by atomic mass is 19.1. The van der Waals surface area contributed by atoms with Crippen LogP contribution in [0.3, 0.4) is 0 Å². The Hall–Kier alpha value is -2.20. The van der Waals surface area contributed by atoms with Gasteiger partial charge in [0.25, 0.3) is 0 Å². The highest BCUT2D eigenvalue weighted by molar-refractivity contribution is 5.76. The van der Waals surface area contributed by atoms with Gasteiger partial charge in [-0.05, 0) is 38.1 Å². The van der Waals surface area contributed by atoms with Gasteiger partial charge in [-0.15, -0.1) is 0 Å². The van der Waals surface area contributed by atoms with Gasteiger partial charge in [0, 0.05) is 12.0 Å². The average Bonchev–Trinajstić information content (AvgIpc) is 2.56. The Morgan fingerprint density at radius 2 is 1.78 bits per heavy atom. The molecule has 2 aromatic rings. The van der Waals surface area contributed by atoms with Crippen LogP contribution in [0.4, 0.5) is 4.39 Å². The summed E-state index contributed by atoms with van der Waals surface area (Å²) in [6.45, 7) is 0.788. The molecule has 2 N–H and O–H groups in total. The van der Waals surface area contributed by atoms with E-state index in [1.807, 2.05) is 37.4 Å². The van der Waals surface area contributed by atoms with Crippen molar-refractivity contribution in [2.75, 3.05) is 13.6 Å². The zero-order valence-corrected chi connectivity index (χ0v) is 13.4. The molecule has 2 aromatic carbocycles. The zero-order chi connectivity index (χ0) is 16.5. The summed E-state index contributed by atoms with van der Waals surface area (Å²) in [5.74, 6) is -0.339. The van der Waals surface area contributed by atoms with Crippen LogP contribution in [0.1, 0.15) is 30.0 Å². The first-order valence-electron chi connectivity index (χ1n) is 7.93. The lowest BCUT2D eigenvalue weighted by atomic mass is 9.98. The van der Waals surface area contributed by atoms with Crippen LogP contribution in [-0.4, -0.2) is 19.5 Å². The Morgan fingerprint density at radius 1 is 1.09 bits per heavy atom. The highest BCUT2D eigenvalue weighted by Crippen LogP contribution is 2.21. The van der Waals surface area contributed by atoms with Crippen molar-refractivity contribution in [3.63, 3.8) is 0 Å². The van der Waals surface area contributed by atoms with Crippen molar-refractivity contribution >= 4 is 5.91 Å². The third-order valence-corrected chi connectivity index (χ3v) is 3.73. The van der Waals surface area contributed by atoms with E-state index in [1.165, 1.54) is 6.07 Å². The maximum Gasteiger partial charge on any atom is 0.220 e. The topological polar surface area (TPSA) is 41.1 Å². The first kappa shape index (κ1) is 17.2. The van der Waals surface area contributed by atoms with E-state index in [0.717, 1.165) is 18.5 Å². The fraction of sp³-hybridized carbons (Fsp3) is 0.316. The molecule has 0 radical (unpaired) electrons. The third-order valence-electron chi connectivity index (χ3n) is 3.73. The lowest BCUT2D eigenvalue weighted by Crippen LogP contribution is -2.31. The fourth-order valence-corrected chi connectivity index (χ4v) is 2.54. The minimum Gasteiger partial charge on any atom is -0.349 e. The molecule has 0 aromatic heterocycles. The summed E-state index contributed by atoms with van der Waals surface area (Å²) in [7, 11) is 1.86. The molecule has 0 bridgehead atoms. The lowest BCUT2D eigenvalue weighted by molar-refractivity contribution is -0.121. The molecule has 1 unspecified atom stereocenters. The van der Waals surface area contributed by atoms with E-state index in [-0.39, 0.29) is 17.8 Å². The van der Waals surface area contributed by atoms with E-state index in [9.17, 15) is 9.18 Å². The van der Waals surface area contributed by atoms with Crippen molar-refractivity contribution in [3.8, 4) is 0 Å². The van der Waals surface area contributed by atoms with E-state index < -0.39 is 0 Å². The Bertz CT molecular complexity index is 616. The van der Waals surface area contributed by atoms with Crippen LogP contribution in [-0.2, 0) is 11.2 Å². The minimum atomic E-state index is -0.360. The van der Waals surface area contributed by atoms with Crippen molar-refractivity contribution in [1.29, 1.82) is 0 Å². The number of rotatable bonds is 8. The second-order valence-electron chi connectivity index (χ2n) is 5.54. The fourth-order valence-electron chi connectivity index (χ4n) is 2.54. The summed E-state index contributed by atoms with van der Waals surface area (Å²) >= 11 is 0. The number of halogens is 1. The van der Waals surface area contributed by atoms with Crippen molar-refractivity contribution in [2.24, 2.45) is 0 Å². The Balaban J connectivity index is 2.11. The summed E-state index contributed by atoms with van der Waals surface area (Å²) < 4.78 is 14.1. The zero-order valence-electron chi connectivity index (χ0n) is 13.4. The van der Waals surface area contributed by atoms with Gasteiger partial charge >= 0.3 is 0 Å². The molecule has 0 aliphatic rings. The lowest BCUT2D eigenvalue weighted by Gasteiger charge is -2.20. The van der Waals surface area contributed by atoms with Crippen molar-refractivity contribution < 1.29 is 9.18 Å². The van der Waals surface area contributed by atoms with Gasteiger partial charge in [0.15, 0.2) is 0 Å². The molecule has 2 rings (SSSR count). The Kier molecular flexibility index (Phi) is 6.76. The smallest absolute Gasteiger partial charge is 0.220 e. The number of nitrogens with one attached hydrogen (secondary N) is 2. The molecular weight excluding hydrogens is 291 g/mol. The van der Waals surface area contributed by atoms with E-state index >= 15 is 0 Å². The maximum absolute atomic E-state index is 14.1. The molecule has 122 valence electrons. The predicted octanol–water partition coefficient (Wildman–Crippen LogP) is 3.23. The number of carbonyl (C=O) groups excluding carboxylic acids is 1. The Labute approximate surface area is 136 Å². The summed E-state index contributed by atoms with van der Waals surface area (Å²) in [5.41, 5.74) is 1.59. The quantitative estimate of drug-likeness (QED) is 0.735. The monoisotopic (exact) mass is 314 g/mol. The number of carbonyl (C=O) groups is 1. The van der Waals surface area contributed by atoms with Crippen LogP contribution in [0.2, 0.25) is 0 Å². The summed E-state index contributed by atoms with van der Waals surface area (Å²) in [6.07, 6.45) is 1.76. The second kappa shape index (κ2) is 9.06. The SMILES string of the molecule is CNCCCC(=O)NC(Cc1ccccc1)c1ccccc1F. The molecule has 1 atom stereocenters. The van der Waals surface area contributed by atoms with Crippen molar-refractivity contribution in [2.45, 2.75) is 25.3 Å². The van der Waals surface area contributed by atoms with Gasteiger partial charge in [-0.25, -0.2) is 4.39 Å². The van der Waals surface area contributed by atoms with Gasteiger partial charge in [0.05, 0.1) is 6.04 Å². The molecular formula is C19H23FN2O. The predicted molar refractivity (Wildman–Crippen MR) is 90.6 cm³/mol. The molecule has 0 fully saturated rings. The largest absolute Gasteiger partial charge is 0.349 e. The second-order valence-corrected chi connectivity index (χ2v) is 5.54. The van der Waals surface area contributed by atoms with Gasteiger partial charge in [0.1, 0.15) is 5.82 Å². The number of amides is 1. The minimum absolute atomic E-state index is 0.0514. The molecule has 3 nitrogen and oxygen atoms in total. The number of hydrogen-bond donors (Lipinski definition) is 2. The Morgan fingerprint density at radius 3 is 2.48 bits per heavy atom. The van der Waals surface area contributed by atoms with Gasteiger partial charge in [-0.2, -0.15) is 0 Å². The van der Waals surface area contributed by atoms with Crippen LogP contribution in [0.15, 0.2) is 54.6 Å². The van der Waals surface area contributed by atoms with Crippen LogP contribution in [0.5, 0.6) is 0 Å². The summed E-state index contributed by atoms with van der Waals surface area (Å²) in [6, 6.07) is 16.1. The van der Waals surface area contributed by atoms with Crippen LogP contribution < -0.4 is 10.6 Å². The van der Waals surface area contributed by atoms with E-state index in [0.29, 0.717) is 18.4 Å². The molecule has 0 spiro atoms. The van der Waals surface area contributed by atoms with Gasteiger partial charge in [0.2, 0.25) is 5.91 Å². The average molecular weight is 314 g/mol. The first-order chi connectivity index (χ1) is 11.2. The molecule has 23 heavy (non-hydrogen) atoms. The van der Waals surface area contributed by atoms with Gasteiger partial charge < -0.3 is 10.6 Å². The normalized spacial score (nSPS) is 11.9. The van der Waals surface area contributed by atoms with Crippen molar-refractivity contribution in [1.82, 2.24) is 10.6 Å². The van der Waals surface area contributed by atoms with Crippen molar-refractivity contribution in [3.05, 3.63) is 71.5 Å². The third kappa shape index (κ3) is 5.49. The van der Waals surface area contributed by atoms with Crippen LogP contribution >= 0.6 is 0 Å². The number of benzene rings is 2. The molecule has 0 saturated heterocycles. The van der Waals surface area contributed by atoms with Crippen LogP contribution in [0, 0.1) is 5.82 Å². The van der Waals surface area contributed by atoms with Gasteiger partial charge in [-0.1, -0.05) is 48.5 Å². The first-order valence-corrected chi connectivity index (χ1v) is 7.93. The summed E-state index contributed by atoms with van der Waals surface area (Å²) in [5, 5.41) is 5.99. The van der Waals surface area contributed by atoms with Crippen LogP contribution in [0.25, 0.3) is 0 Å². The standard InChI is InChI=1S/C19H23FN2O/c1-21-13-7-12-19(23)22-18(14-15-8-3-2-4-9-15)16-10-5-6-11-17(16)20/h2-6,8-11,18,21H,7,12-14H2,1H3,(H,22,23). The maximum atomic E-state index is 14.1. The summed E-state index contributed by atoms with van der Waals surface area (Å²) in [4.78, 5) is 12.1. The molecule has 1 amide bonds. The number of hydrogen-bond acceptors (Lipinski definition) is 2. The molecule has 0 saturated carbocycles. The van der Waals surface area contributed by atoms with Gasteiger partial charge in [-0.3, -0.25) is 4.79 Å². The molecule has 0 aliphatic carbocycles. The molecule has 0 aliphatic heterocycles. The van der Waals surface area contributed by atoms with E-state index in [1.54, 1.807) is 18.2 Å². The van der Waals surface area contributed by atoms with E-state index in [4.69, 9.17) is 0 Å². The highest BCUT2D eigenvalue weighted by Gasteiger charge is 2.18. The molecule has 4 heteroatoms.